The SMILES string of the molecule is O=C(N/N=C\C12c3ccccc3C(c3ccccc31)[C@@H]1C(=O)N(c3ccc(Cl)cc3[N+](=O)[O-])C(=O)[C@H]12)c1cccc([N+](=O)[O-])c1. The van der Waals surface area contributed by atoms with Gasteiger partial charge in [0.2, 0.25) is 11.8 Å². The van der Waals surface area contributed by atoms with Crippen LogP contribution in [-0.4, -0.2) is 33.8 Å². The van der Waals surface area contributed by atoms with Crippen molar-refractivity contribution in [2.45, 2.75) is 11.3 Å². The molecule has 222 valence electrons. The van der Waals surface area contributed by atoms with Crippen molar-refractivity contribution in [3.8, 4) is 0 Å². The maximum atomic E-state index is 14.5. The number of nitrogens with zero attached hydrogens (tertiary/aromatic N) is 4. The lowest BCUT2D eigenvalue weighted by molar-refractivity contribution is -0.384. The van der Waals surface area contributed by atoms with Crippen LogP contribution in [-0.2, 0) is 15.0 Å². The zero-order valence-electron chi connectivity index (χ0n) is 23.0. The Kier molecular flexibility index (Phi) is 6.34. The highest BCUT2D eigenvalue weighted by molar-refractivity contribution is 6.31. The molecular formula is C32H20ClN5O7. The minimum atomic E-state index is -1.36. The summed E-state index contributed by atoms with van der Waals surface area (Å²) in [4.78, 5) is 64.6. The van der Waals surface area contributed by atoms with E-state index < -0.39 is 56.4 Å². The first kappa shape index (κ1) is 28.0. The first-order valence-corrected chi connectivity index (χ1v) is 14.1. The van der Waals surface area contributed by atoms with Crippen LogP contribution in [0.2, 0.25) is 5.02 Å². The maximum Gasteiger partial charge on any atom is 0.294 e. The molecule has 3 aliphatic carbocycles. The van der Waals surface area contributed by atoms with Crippen molar-refractivity contribution in [2.75, 3.05) is 4.90 Å². The topological polar surface area (TPSA) is 165 Å². The van der Waals surface area contributed by atoms with Crippen LogP contribution >= 0.6 is 11.6 Å². The molecule has 1 N–H and O–H groups in total. The third-order valence-electron chi connectivity index (χ3n) is 8.81. The van der Waals surface area contributed by atoms with Gasteiger partial charge < -0.3 is 0 Å². The summed E-state index contributed by atoms with van der Waals surface area (Å²) < 4.78 is 0. The molecule has 4 aromatic carbocycles. The predicted octanol–water partition coefficient (Wildman–Crippen LogP) is 5.12. The molecule has 2 bridgehead atoms. The number of nitrogens with one attached hydrogen (secondary N) is 1. The van der Waals surface area contributed by atoms with Crippen LogP contribution < -0.4 is 10.3 Å². The van der Waals surface area contributed by atoms with Crippen LogP contribution in [0.4, 0.5) is 17.1 Å². The number of nitro benzene ring substituents is 2. The molecule has 1 fully saturated rings. The molecular weight excluding hydrogens is 602 g/mol. The van der Waals surface area contributed by atoms with Crippen molar-refractivity contribution < 1.29 is 24.2 Å². The summed E-state index contributed by atoms with van der Waals surface area (Å²) in [5.41, 5.74) is 3.12. The number of rotatable bonds is 6. The van der Waals surface area contributed by atoms with Gasteiger partial charge in [0.15, 0.2) is 0 Å². The molecule has 1 heterocycles. The van der Waals surface area contributed by atoms with Crippen LogP contribution in [0.25, 0.3) is 0 Å². The molecule has 2 atom stereocenters. The molecule has 0 radical (unpaired) electrons. The van der Waals surface area contributed by atoms with E-state index in [1.54, 1.807) is 12.1 Å². The van der Waals surface area contributed by atoms with Crippen molar-refractivity contribution in [3.63, 3.8) is 0 Å². The Labute approximate surface area is 259 Å². The van der Waals surface area contributed by atoms with E-state index in [0.29, 0.717) is 11.1 Å². The summed E-state index contributed by atoms with van der Waals surface area (Å²) >= 11 is 6.04. The number of benzene rings is 4. The molecule has 45 heavy (non-hydrogen) atoms. The summed E-state index contributed by atoms with van der Waals surface area (Å²) in [6, 6.07) is 23.6. The lowest BCUT2D eigenvalue weighted by Crippen LogP contribution is -2.54. The number of hydrogen-bond donors (Lipinski definition) is 1. The highest BCUT2D eigenvalue weighted by Gasteiger charge is 2.68. The molecule has 8 rings (SSSR count). The molecule has 0 saturated carbocycles. The van der Waals surface area contributed by atoms with Gasteiger partial charge in [0.05, 0.1) is 27.1 Å². The van der Waals surface area contributed by atoms with E-state index in [9.17, 15) is 34.6 Å². The number of non-ortho nitro benzene ring substituents is 1. The molecule has 3 amide bonds. The van der Waals surface area contributed by atoms with Crippen molar-refractivity contribution in [2.24, 2.45) is 16.9 Å². The number of carbonyl (C=O) groups excluding carboxylic acids is 3. The highest BCUT2D eigenvalue weighted by Crippen LogP contribution is 2.64. The molecule has 1 aliphatic heterocycles. The number of nitro groups is 2. The van der Waals surface area contributed by atoms with Gasteiger partial charge in [0, 0.05) is 40.9 Å². The molecule has 4 aliphatic rings. The monoisotopic (exact) mass is 621 g/mol. The number of imide groups is 1. The number of carbonyl (C=O) groups is 3. The Morgan fingerprint density at radius 3 is 2.18 bits per heavy atom. The minimum absolute atomic E-state index is 0.00165. The smallest absolute Gasteiger partial charge is 0.274 e. The summed E-state index contributed by atoms with van der Waals surface area (Å²) in [5, 5.41) is 27.6. The second kappa shape index (κ2) is 10.2. The largest absolute Gasteiger partial charge is 0.294 e. The van der Waals surface area contributed by atoms with Crippen molar-refractivity contribution in [1.82, 2.24) is 5.43 Å². The van der Waals surface area contributed by atoms with E-state index in [1.165, 1.54) is 36.5 Å². The Hall–Kier alpha value is -5.75. The first-order chi connectivity index (χ1) is 21.6. The summed E-state index contributed by atoms with van der Waals surface area (Å²) in [6.45, 7) is 0. The van der Waals surface area contributed by atoms with Crippen molar-refractivity contribution >= 4 is 52.6 Å². The quantitative estimate of drug-likeness (QED) is 0.135. The van der Waals surface area contributed by atoms with E-state index >= 15 is 0 Å². The molecule has 12 nitrogen and oxygen atoms in total. The third-order valence-corrected chi connectivity index (χ3v) is 9.05. The van der Waals surface area contributed by atoms with E-state index in [4.69, 9.17) is 11.6 Å². The van der Waals surface area contributed by atoms with Gasteiger partial charge >= 0.3 is 0 Å². The molecule has 0 unspecified atom stereocenters. The number of amides is 3. The van der Waals surface area contributed by atoms with Gasteiger partial charge in [-0.1, -0.05) is 66.2 Å². The Balaban J connectivity index is 1.39. The third kappa shape index (κ3) is 3.99. The number of hydrogen-bond acceptors (Lipinski definition) is 8. The van der Waals surface area contributed by atoms with Crippen molar-refractivity contribution in [1.29, 1.82) is 0 Å². The van der Waals surface area contributed by atoms with Gasteiger partial charge in [0.25, 0.3) is 17.3 Å². The fourth-order valence-electron chi connectivity index (χ4n) is 7.14. The first-order valence-electron chi connectivity index (χ1n) is 13.7. The fraction of sp³-hybridized carbons (Fsp3) is 0.125. The van der Waals surface area contributed by atoms with Crippen molar-refractivity contribution in [3.05, 3.63) is 144 Å². The van der Waals surface area contributed by atoms with E-state index in [-0.39, 0.29) is 22.0 Å². The van der Waals surface area contributed by atoms with Crippen LogP contribution in [0.15, 0.2) is 96.1 Å². The van der Waals surface area contributed by atoms with Gasteiger partial charge in [-0.15, -0.1) is 0 Å². The number of hydrazone groups is 1. The van der Waals surface area contributed by atoms with E-state index in [1.807, 2.05) is 36.4 Å². The number of halogens is 1. The fourth-order valence-corrected chi connectivity index (χ4v) is 7.30. The lowest BCUT2D eigenvalue weighted by Gasteiger charge is -2.52. The molecule has 13 heteroatoms. The minimum Gasteiger partial charge on any atom is -0.274 e. The Bertz CT molecular complexity index is 1980. The predicted molar refractivity (Wildman–Crippen MR) is 162 cm³/mol. The zero-order chi connectivity index (χ0) is 31.6. The van der Waals surface area contributed by atoms with Gasteiger partial charge in [0.1, 0.15) is 5.69 Å². The van der Waals surface area contributed by atoms with Crippen LogP contribution in [0, 0.1) is 32.1 Å². The highest BCUT2D eigenvalue weighted by atomic mass is 35.5. The maximum absolute atomic E-state index is 14.5. The average molecular weight is 622 g/mol. The average Bonchev–Trinajstić information content (AvgIpc) is 3.31. The molecule has 4 aromatic rings. The number of anilines is 1. The van der Waals surface area contributed by atoms with Gasteiger partial charge in [-0.05, 0) is 40.5 Å². The molecule has 0 aromatic heterocycles. The normalized spacial score (nSPS) is 22.6. The zero-order valence-corrected chi connectivity index (χ0v) is 23.8. The van der Waals surface area contributed by atoms with Gasteiger partial charge in [-0.3, -0.25) is 34.6 Å². The molecule has 0 spiro atoms. The Morgan fingerprint density at radius 2 is 1.53 bits per heavy atom. The second-order valence-corrected chi connectivity index (χ2v) is 11.4. The molecule has 1 saturated heterocycles. The van der Waals surface area contributed by atoms with Gasteiger partial charge in [-0.25, -0.2) is 10.3 Å². The van der Waals surface area contributed by atoms with Crippen LogP contribution in [0.1, 0.15) is 38.5 Å². The lowest BCUT2D eigenvalue weighted by atomic mass is 9.47. The van der Waals surface area contributed by atoms with E-state index in [2.05, 4.69) is 10.5 Å². The standard InChI is InChI=1S/C32H20ClN5O7/c33-18-12-13-24(25(15-18)38(44)45)36-30(40)27-26-20-8-1-3-10-22(20)32(28(27)31(36)41,23-11-4-2-9-21(23)26)16-34-35-29(39)17-6-5-7-19(14-17)37(42)43/h1-16,26-28H,(H,35,39)/b34-16-/t26?,27-,28-,32?/m0/s1. The van der Waals surface area contributed by atoms with Crippen LogP contribution in [0.3, 0.4) is 0 Å². The second-order valence-electron chi connectivity index (χ2n) is 10.9. The van der Waals surface area contributed by atoms with E-state index in [0.717, 1.165) is 28.2 Å². The van der Waals surface area contributed by atoms with Gasteiger partial charge in [-0.2, -0.15) is 5.10 Å². The summed E-state index contributed by atoms with van der Waals surface area (Å²) in [6.07, 6.45) is 1.43. The summed E-state index contributed by atoms with van der Waals surface area (Å²) in [5.74, 6) is -4.49. The summed E-state index contributed by atoms with van der Waals surface area (Å²) in [7, 11) is 0. The van der Waals surface area contributed by atoms with Crippen LogP contribution in [0.5, 0.6) is 0 Å². The Morgan fingerprint density at radius 1 is 0.867 bits per heavy atom.